The first-order chi connectivity index (χ1) is 32.0. The number of halogens is 1. The Bertz CT molecular complexity index is 2130. The van der Waals surface area contributed by atoms with Gasteiger partial charge in [-0.25, -0.2) is 9.59 Å². The molecule has 17 nitrogen and oxygen atoms in total. The molecule has 1 aromatic rings. The highest BCUT2D eigenvalue weighted by atomic mass is 35.5. The van der Waals surface area contributed by atoms with Crippen molar-refractivity contribution in [3.63, 3.8) is 0 Å². The molecule has 3 heterocycles. The van der Waals surface area contributed by atoms with Crippen molar-refractivity contribution in [1.82, 2.24) is 15.1 Å². The average molecular weight is 990 g/mol. The lowest BCUT2D eigenvalue weighted by Crippen LogP contribution is -2.63. The number of allylic oxidation sites excluding steroid dienone is 2. The van der Waals surface area contributed by atoms with Crippen LogP contribution in [0.15, 0.2) is 36.4 Å². The minimum Gasteiger partial charge on any atom is -0.495 e. The van der Waals surface area contributed by atoms with E-state index < -0.39 is 76.8 Å². The van der Waals surface area contributed by atoms with Gasteiger partial charge in [-0.1, -0.05) is 36.2 Å². The highest BCUT2D eigenvalue weighted by molar-refractivity contribution is 8.00. The predicted octanol–water partition coefficient (Wildman–Crippen LogP) is 5.80. The molecule has 3 aliphatic heterocycles. The number of alkyl carbamates (subject to hydrolysis) is 1. The summed E-state index contributed by atoms with van der Waals surface area (Å²) in [4.78, 5) is 96.6. The highest BCUT2D eigenvalue weighted by Gasteiger charge is 2.64. The topological polar surface area (TPSA) is 211 Å². The number of ketones is 1. The minimum absolute atomic E-state index is 0.0348. The molecule has 1 aliphatic carbocycles. The van der Waals surface area contributed by atoms with Crippen LogP contribution in [-0.2, 0) is 54.1 Å². The van der Waals surface area contributed by atoms with Crippen molar-refractivity contribution in [3.05, 3.63) is 47.0 Å². The molecule has 376 valence electrons. The van der Waals surface area contributed by atoms with Crippen LogP contribution in [0.5, 0.6) is 5.75 Å². The van der Waals surface area contributed by atoms with E-state index in [1.165, 1.54) is 60.7 Å². The Morgan fingerprint density at radius 3 is 2.37 bits per heavy atom. The summed E-state index contributed by atoms with van der Waals surface area (Å²) in [6.07, 6.45) is 1.78. The zero-order valence-electron chi connectivity index (χ0n) is 41.0. The molecular formula is C49H69ClN4O13S. The average Bonchev–Trinajstić information content (AvgIpc) is 3.93. The molecule has 19 heteroatoms. The maximum absolute atomic E-state index is 14.3. The maximum Gasteiger partial charge on any atom is 0.409 e. The monoisotopic (exact) mass is 988 g/mol. The number of anilines is 1. The lowest BCUT2D eigenvalue weighted by Gasteiger charge is -2.42. The Morgan fingerprint density at radius 2 is 1.76 bits per heavy atom. The van der Waals surface area contributed by atoms with E-state index in [0.29, 0.717) is 24.4 Å². The van der Waals surface area contributed by atoms with Crippen molar-refractivity contribution in [1.29, 1.82) is 0 Å². The number of carbonyl (C=O) groups excluding carboxylic acids is 7. The van der Waals surface area contributed by atoms with Crippen LogP contribution in [0.2, 0.25) is 5.02 Å². The van der Waals surface area contributed by atoms with Crippen LogP contribution in [0, 0.1) is 17.8 Å². The number of hydrogen-bond acceptors (Lipinski definition) is 14. The lowest BCUT2D eigenvalue weighted by atomic mass is 9.80. The van der Waals surface area contributed by atoms with Gasteiger partial charge in [-0.2, -0.15) is 0 Å². The van der Waals surface area contributed by atoms with E-state index in [-0.39, 0.29) is 65.9 Å². The first kappa shape index (κ1) is 54.5. The second-order valence-electron chi connectivity index (χ2n) is 18.9. The molecule has 0 unspecified atom stereocenters. The smallest absolute Gasteiger partial charge is 0.409 e. The van der Waals surface area contributed by atoms with Crippen molar-refractivity contribution in [2.24, 2.45) is 17.8 Å². The summed E-state index contributed by atoms with van der Waals surface area (Å²) in [5, 5.41) is 13.4. The molecule has 0 bridgehead atoms. The third-order valence-electron chi connectivity index (χ3n) is 14.3. The molecule has 0 aromatic heterocycles. The van der Waals surface area contributed by atoms with Crippen LogP contribution < -0.4 is 15.0 Å². The molecule has 3 saturated heterocycles. The molecule has 5 amide bonds. The molecule has 0 spiro atoms. The number of methoxy groups -OCH3 is 2. The number of thioether (sulfide) groups is 1. The SMILES string of the molecule is C=C[C@@H](OC)[C@@]1(O)C[C@@H]([C@@H](C)[C@@H]2O[C@@]2(C)[C@H](CC(=O)N(C)c2cc(C/C(C)=C/C)cc(OC)c2Cl)OC(=O)[C@H](C)N(C)C(=O)CCS[C@H]2CC(=O)N(CC3CCC(C(C)=O)CC3)C2=O)OC(=O)N1. The molecular weight excluding hydrogens is 920 g/mol. The van der Waals surface area contributed by atoms with Crippen molar-refractivity contribution in [2.45, 2.75) is 146 Å². The number of aliphatic hydroxyl groups is 1. The van der Waals surface area contributed by atoms with Gasteiger partial charge >= 0.3 is 12.1 Å². The van der Waals surface area contributed by atoms with Gasteiger partial charge in [0.2, 0.25) is 23.6 Å². The number of benzene rings is 1. The molecule has 1 saturated carbocycles. The fourth-order valence-electron chi connectivity index (χ4n) is 9.44. The highest BCUT2D eigenvalue weighted by Crippen LogP contribution is 2.49. The van der Waals surface area contributed by atoms with Gasteiger partial charge in [-0.15, -0.1) is 18.3 Å². The van der Waals surface area contributed by atoms with E-state index in [4.69, 9.17) is 35.3 Å². The first-order valence-corrected chi connectivity index (χ1v) is 24.7. The Kier molecular flexibility index (Phi) is 18.4. The Hall–Kier alpha value is -4.49. The second kappa shape index (κ2) is 23.0. The first-order valence-electron chi connectivity index (χ1n) is 23.2. The van der Waals surface area contributed by atoms with Crippen LogP contribution in [0.4, 0.5) is 10.5 Å². The fourth-order valence-corrected chi connectivity index (χ4v) is 10.9. The standard InChI is InChI=1S/C49H69ClN4O13S/c1-12-27(3)20-32-21-34(43(50)35(22-32)63-10)53(9)41(57)24-39(48(7)44(67-48)28(4)36-25-49(62,38(13-2)64-11)51-47(61)65-36)66-46(60)29(5)52(8)40(56)18-19-68-37-23-42(58)54(45(37)59)26-31-14-16-33(17-15-31)30(6)55/h12-13,21-22,28-29,31,33,36-39,44,62H,2,14-20,23-26H2,1,3-11H3,(H,51,61)/b27-12+/t28-,29+,31?,33?,36+,37+,38-,39+,44+,48+,49+/m1/s1. The van der Waals surface area contributed by atoms with Crippen molar-refractivity contribution < 1.29 is 62.4 Å². The van der Waals surface area contributed by atoms with Crippen molar-refractivity contribution >= 4 is 70.5 Å². The van der Waals surface area contributed by atoms with Crippen molar-refractivity contribution in [3.8, 4) is 5.75 Å². The van der Waals surface area contributed by atoms with Gasteiger partial charge in [0, 0.05) is 64.6 Å². The molecule has 5 rings (SSSR count). The third-order valence-corrected chi connectivity index (χ3v) is 15.9. The number of rotatable bonds is 22. The number of nitrogens with one attached hydrogen (secondary N) is 1. The Balaban J connectivity index is 1.28. The van der Waals surface area contributed by atoms with Crippen LogP contribution in [0.1, 0.15) is 98.5 Å². The van der Waals surface area contributed by atoms with Crippen LogP contribution in [-0.4, -0.2) is 144 Å². The van der Waals surface area contributed by atoms with E-state index >= 15 is 0 Å². The quantitative estimate of drug-likeness (QED) is 0.0610. The number of carbonyl (C=O) groups is 7. The Morgan fingerprint density at radius 1 is 1.09 bits per heavy atom. The Labute approximate surface area is 408 Å². The van der Waals surface area contributed by atoms with Gasteiger partial charge in [0.1, 0.15) is 46.5 Å². The van der Waals surface area contributed by atoms with Gasteiger partial charge in [0.15, 0.2) is 5.72 Å². The maximum atomic E-state index is 14.3. The number of hydrogen-bond donors (Lipinski definition) is 2. The summed E-state index contributed by atoms with van der Waals surface area (Å²) < 4.78 is 29.0. The number of Topliss-reactive ketones (excluding diaryl/α,β-unsaturated/α-hetero) is 1. The van der Waals surface area contributed by atoms with E-state index in [0.717, 1.165) is 36.8 Å². The number of imide groups is 1. The van der Waals surface area contributed by atoms with E-state index in [2.05, 4.69) is 11.9 Å². The number of likely N-dealkylation sites (tertiary alicyclic amines) is 1. The summed E-state index contributed by atoms with van der Waals surface area (Å²) in [5.74, 6) is -1.87. The van der Waals surface area contributed by atoms with Gasteiger partial charge in [0.05, 0.1) is 30.6 Å². The van der Waals surface area contributed by atoms with E-state index in [1.807, 2.05) is 19.9 Å². The van der Waals surface area contributed by atoms with Gasteiger partial charge in [0.25, 0.3) is 0 Å². The number of ether oxygens (including phenoxy) is 5. The zero-order chi connectivity index (χ0) is 50.4. The molecule has 2 N–H and O–H groups in total. The number of nitrogens with zero attached hydrogens (tertiary/aromatic N) is 3. The largest absolute Gasteiger partial charge is 0.495 e. The molecule has 0 radical (unpaired) electrons. The van der Waals surface area contributed by atoms with Crippen LogP contribution in [0.3, 0.4) is 0 Å². The van der Waals surface area contributed by atoms with Gasteiger partial charge < -0.3 is 38.6 Å². The normalized spacial score (nSPS) is 27.8. The van der Waals surface area contributed by atoms with Gasteiger partial charge in [-0.05, 0) is 90.3 Å². The summed E-state index contributed by atoms with van der Waals surface area (Å²) >= 11 is 8.01. The molecule has 4 fully saturated rings. The number of cyclic esters (lactones) is 1. The zero-order valence-corrected chi connectivity index (χ0v) is 42.5. The van der Waals surface area contributed by atoms with Crippen molar-refractivity contribution in [2.75, 3.05) is 45.5 Å². The summed E-state index contributed by atoms with van der Waals surface area (Å²) in [6.45, 7) is 14.5. The molecule has 68 heavy (non-hydrogen) atoms. The predicted molar refractivity (Wildman–Crippen MR) is 256 cm³/mol. The summed E-state index contributed by atoms with van der Waals surface area (Å²) in [5.41, 5.74) is -0.865. The fraction of sp³-hybridized carbons (Fsp3) is 0.653. The molecule has 9 atom stereocenters. The lowest BCUT2D eigenvalue weighted by molar-refractivity contribution is -0.162. The second-order valence-corrected chi connectivity index (χ2v) is 20.5. The minimum atomic E-state index is -1.85. The third kappa shape index (κ3) is 12.4. The van der Waals surface area contributed by atoms with E-state index in [1.54, 1.807) is 40.0 Å². The molecule has 4 aliphatic rings. The van der Waals surface area contributed by atoms with E-state index in [9.17, 15) is 38.7 Å². The van der Waals surface area contributed by atoms with Crippen LogP contribution >= 0.6 is 23.4 Å². The number of esters is 1. The van der Waals surface area contributed by atoms with Gasteiger partial charge in [-0.3, -0.25) is 34.2 Å². The number of epoxide rings is 1. The summed E-state index contributed by atoms with van der Waals surface area (Å²) in [6, 6.07) is 2.47. The number of likely N-dealkylation sites (N-methyl/N-ethyl adjacent to an activating group) is 1. The molecule has 1 aromatic carbocycles. The van der Waals surface area contributed by atoms with Crippen LogP contribution in [0.25, 0.3) is 0 Å². The summed E-state index contributed by atoms with van der Waals surface area (Å²) in [7, 11) is 5.86. The number of amides is 5.